The molecule has 33 heavy (non-hydrogen) atoms. The molecule has 0 spiro atoms. The molecule has 1 aliphatic heterocycles. The summed E-state index contributed by atoms with van der Waals surface area (Å²) >= 11 is 0. The smallest absolute Gasteiger partial charge is 0.219 e. The summed E-state index contributed by atoms with van der Waals surface area (Å²) in [6, 6.07) is 17.0. The Morgan fingerprint density at radius 1 is 1.18 bits per heavy atom. The molecule has 170 valence electrons. The van der Waals surface area contributed by atoms with Crippen LogP contribution in [-0.2, 0) is 4.79 Å². The van der Waals surface area contributed by atoms with Crippen LogP contribution in [0.2, 0.25) is 0 Å². The van der Waals surface area contributed by atoms with Gasteiger partial charge in [0.2, 0.25) is 5.91 Å². The van der Waals surface area contributed by atoms with Crippen LogP contribution in [0.1, 0.15) is 44.7 Å². The van der Waals surface area contributed by atoms with Gasteiger partial charge in [0.05, 0.1) is 17.4 Å². The molecule has 5 rings (SSSR count). The predicted octanol–water partition coefficient (Wildman–Crippen LogP) is 5.88. The van der Waals surface area contributed by atoms with E-state index in [9.17, 15) is 9.18 Å². The molecule has 4 nitrogen and oxygen atoms in total. The topological polar surface area (TPSA) is 35.6 Å². The molecular formula is C28H30FN3O. The van der Waals surface area contributed by atoms with Crippen LogP contribution in [0.4, 0.5) is 10.1 Å². The van der Waals surface area contributed by atoms with Crippen molar-refractivity contribution >= 4 is 11.6 Å². The zero-order valence-corrected chi connectivity index (χ0v) is 19.4. The minimum atomic E-state index is -0.232. The van der Waals surface area contributed by atoms with Gasteiger partial charge in [0.15, 0.2) is 0 Å². The van der Waals surface area contributed by atoms with Gasteiger partial charge in [-0.25, -0.2) is 4.39 Å². The first-order valence-corrected chi connectivity index (χ1v) is 11.7. The molecule has 0 saturated carbocycles. The Bertz CT molecular complexity index is 1150. The Labute approximate surface area is 195 Å². The summed E-state index contributed by atoms with van der Waals surface area (Å²) in [5.41, 5.74) is 10.8. The quantitative estimate of drug-likeness (QED) is 0.626. The van der Waals surface area contributed by atoms with Gasteiger partial charge in [-0.1, -0.05) is 42.8 Å². The molecule has 0 fully saturated rings. The lowest BCUT2D eigenvalue weighted by molar-refractivity contribution is -0.130. The fourth-order valence-electron chi connectivity index (χ4n) is 5.64. The van der Waals surface area contributed by atoms with Crippen molar-refractivity contribution < 1.29 is 9.18 Å². The molecule has 2 aromatic rings. The standard InChI is InChI=1S/C28H30FN3O/c1-18-25-17-30-32(24-13-11-23(29)12-14-24)27(25)16-22-10-9-21(28(18)22)15-26(31(3)19(2)33)20-7-5-4-6-8-20/h4-8,11-14,16-18,21,26,30H,9-10,15H2,1-3H3/t18-,21+,26?/m0/s1. The highest BCUT2D eigenvalue weighted by Crippen LogP contribution is 2.50. The van der Waals surface area contributed by atoms with Crippen LogP contribution in [0.15, 0.2) is 89.3 Å². The van der Waals surface area contributed by atoms with E-state index in [0.29, 0.717) is 11.8 Å². The van der Waals surface area contributed by atoms with Crippen LogP contribution < -0.4 is 10.4 Å². The first kappa shape index (κ1) is 21.5. The van der Waals surface area contributed by atoms with Gasteiger partial charge in [-0.05, 0) is 66.7 Å². The van der Waals surface area contributed by atoms with Gasteiger partial charge in [-0.2, -0.15) is 0 Å². The Kier molecular flexibility index (Phi) is 5.57. The Morgan fingerprint density at radius 3 is 2.61 bits per heavy atom. The number of nitrogens with one attached hydrogen (secondary N) is 1. The minimum absolute atomic E-state index is 0.0597. The Balaban J connectivity index is 1.45. The number of hydrogen-bond donors (Lipinski definition) is 1. The van der Waals surface area contributed by atoms with Crippen molar-refractivity contribution in [2.75, 3.05) is 12.1 Å². The maximum Gasteiger partial charge on any atom is 0.219 e. The number of amides is 1. The van der Waals surface area contributed by atoms with Crippen molar-refractivity contribution in [3.8, 4) is 0 Å². The van der Waals surface area contributed by atoms with Crippen molar-refractivity contribution in [1.82, 2.24) is 10.3 Å². The number of nitrogens with zero attached hydrogens (tertiary/aromatic N) is 2. The molecule has 2 aliphatic carbocycles. The van der Waals surface area contributed by atoms with E-state index < -0.39 is 0 Å². The third kappa shape index (κ3) is 3.86. The van der Waals surface area contributed by atoms with E-state index in [1.54, 1.807) is 19.1 Å². The second-order valence-corrected chi connectivity index (χ2v) is 9.30. The van der Waals surface area contributed by atoms with Crippen molar-refractivity contribution in [2.24, 2.45) is 11.8 Å². The van der Waals surface area contributed by atoms with Crippen molar-refractivity contribution in [3.05, 3.63) is 101 Å². The predicted molar refractivity (Wildman–Crippen MR) is 129 cm³/mol. The average molecular weight is 444 g/mol. The van der Waals surface area contributed by atoms with Crippen LogP contribution in [0.5, 0.6) is 0 Å². The summed E-state index contributed by atoms with van der Waals surface area (Å²) in [4.78, 5) is 14.2. The molecule has 3 atom stereocenters. The number of carbonyl (C=O) groups is 1. The van der Waals surface area contributed by atoms with Gasteiger partial charge in [0, 0.05) is 31.7 Å². The highest BCUT2D eigenvalue weighted by atomic mass is 19.1. The maximum atomic E-state index is 13.4. The number of rotatable bonds is 5. The van der Waals surface area contributed by atoms with Crippen molar-refractivity contribution in [1.29, 1.82) is 0 Å². The average Bonchev–Trinajstić information content (AvgIpc) is 3.43. The van der Waals surface area contributed by atoms with E-state index in [-0.39, 0.29) is 17.8 Å². The van der Waals surface area contributed by atoms with Crippen molar-refractivity contribution in [3.63, 3.8) is 0 Å². The first-order valence-electron chi connectivity index (χ1n) is 11.7. The van der Waals surface area contributed by atoms with Gasteiger partial charge in [0.1, 0.15) is 5.82 Å². The van der Waals surface area contributed by atoms with Crippen LogP contribution in [-0.4, -0.2) is 17.9 Å². The van der Waals surface area contributed by atoms with Crippen LogP contribution in [0, 0.1) is 17.7 Å². The van der Waals surface area contributed by atoms with Gasteiger partial charge in [0.25, 0.3) is 0 Å². The van der Waals surface area contributed by atoms with E-state index in [1.807, 2.05) is 35.2 Å². The maximum absolute atomic E-state index is 13.4. The van der Waals surface area contributed by atoms with Crippen LogP contribution >= 0.6 is 0 Å². The summed E-state index contributed by atoms with van der Waals surface area (Å²) in [6.45, 7) is 3.93. The molecule has 3 aliphatic rings. The molecule has 0 saturated heterocycles. The summed E-state index contributed by atoms with van der Waals surface area (Å²) < 4.78 is 13.4. The number of allylic oxidation sites excluding steroid dienone is 4. The lowest BCUT2D eigenvalue weighted by Gasteiger charge is -2.34. The number of halogens is 1. The molecule has 1 amide bonds. The SMILES string of the molecule is CC(=O)N(C)C(C[C@H]1CCC2=C1[C@@H](C)C1=CNN(c3ccc(F)cc3)C1=C2)c1ccccc1. The normalized spacial score (nSPS) is 22.2. The first-order chi connectivity index (χ1) is 15.9. The largest absolute Gasteiger partial charge is 0.339 e. The van der Waals surface area contributed by atoms with Crippen LogP contribution in [0.25, 0.3) is 0 Å². The summed E-state index contributed by atoms with van der Waals surface area (Å²) in [5, 5.41) is 2.04. The monoisotopic (exact) mass is 443 g/mol. The third-order valence-electron chi connectivity index (χ3n) is 7.44. The van der Waals surface area contributed by atoms with E-state index in [2.05, 4.69) is 36.8 Å². The van der Waals surface area contributed by atoms with Crippen molar-refractivity contribution in [2.45, 2.75) is 39.2 Å². The molecule has 2 aromatic carbocycles. The second-order valence-electron chi connectivity index (χ2n) is 9.30. The third-order valence-corrected chi connectivity index (χ3v) is 7.44. The van der Waals surface area contributed by atoms with E-state index >= 15 is 0 Å². The summed E-state index contributed by atoms with van der Waals surface area (Å²) in [5.74, 6) is 0.585. The highest BCUT2D eigenvalue weighted by Gasteiger charge is 2.39. The zero-order valence-electron chi connectivity index (χ0n) is 19.4. The molecule has 1 heterocycles. The number of fused-ring (bicyclic) bond motifs is 1. The molecular weight excluding hydrogens is 413 g/mol. The van der Waals surface area contributed by atoms with Crippen LogP contribution in [0.3, 0.4) is 0 Å². The van der Waals surface area contributed by atoms with E-state index in [0.717, 1.165) is 30.6 Å². The molecule has 5 heteroatoms. The minimum Gasteiger partial charge on any atom is -0.339 e. The van der Waals surface area contributed by atoms with E-state index in [1.165, 1.54) is 34.4 Å². The Hall–Kier alpha value is -3.34. The number of carbonyl (C=O) groups excluding carboxylic acids is 1. The zero-order chi connectivity index (χ0) is 23.1. The lowest BCUT2D eigenvalue weighted by Crippen LogP contribution is -2.31. The van der Waals surface area contributed by atoms with Gasteiger partial charge >= 0.3 is 0 Å². The number of benzene rings is 2. The molecule has 0 radical (unpaired) electrons. The van der Waals surface area contributed by atoms with Gasteiger partial charge < -0.3 is 10.3 Å². The fraction of sp³-hybridized carbons (Fsp3) is 0.321. The summed E-state index contributed by atoms with van der Waals surface area (Å²) in [6.07, 6.45) is 7.45. The molecule has 1 N–H and O–H groups in total. The summed E-state index contributed by atoms with van der Waals surface area (Å²) in [7, 11) is 1.91. The number of hydrogen-bond acceptors (Lipinski definition) is 3. The lowest BCUT2D eigenvalue weighted by atomic mass is 9.78. The fourth-order valence-corrected chi connectivity index (χ4v) is 5.64. The van der Waals surface area contributed by atoms with E-state index in [4.69, 9.17) is 0 Å². The molecule has 0 aromatic heterocycles. The highest BCUT2D eigenvalue weighted by molar-refractivity contribution is 5.73. The number of hydrazine groups is 1. The molecule has 0 bridgehead atoms. The van der Waals surface area contributed by atoms with Gasteiger partial charge in [-0.15, -0.1) is 0 Å². The number of anilines is 1. The Morgan fingerprint density at radius 2 is 1.91 bits per heavy atom. The molecule has 1 unspecified atom stereocenters. The second kappa shape index (κ2) is 8.54. The van der Waals surface area contributed by atoms with Gasteiger partial charge in [-0.3, -0.25) is 9.80 Å².